The first-order chi connectivity index (χ1) is 17.6. The maximum atomic E-state index is 12.0. The second-order valence-corrected chi connectivity index (χ2v) is 17.1. The average Bonchev–Trinajstić information content (AvgIpc) is 2.68. The molecule has 0 fully saturated rings. The summed E-state index contributed by atoms with van der Waals surface area (Å²) in [5.41, 5.74) is 1.32. The molecule has 0 aliphatic rings. The molecule has 2 rings (SSSR count). The van der Waals surface area contributed by atoms with E-state index in [1.54, 1.807) is 49.3 Å². The van der Waals surface area contributed by atoms with Gasteiger partial charge in [-0.05, 0) is 21.7 Å². The van der Waals surface area contributed by atoms with Gasteiger partial charge >= 0.3 is 0 Å². The van der Waals surface area contributed by atoms with Gasteiger partial charge in [0.15, 0.2) is 0 Å². The van der Waals surface area contributed by atoms with E-state index >= 15 is 0 Å². The van der Waals surface area contributed by atoms with Crippen molar-refractivity contribution in [3.63, 3.8) is 0 Å². The summed E-state index contributed by atoms with van der Waals surface area (Å²) < 4.78 is 19.1. The van der Waals surface area contributed by atoms with Crippen molar-refractivity contribution in [2.24, 2.45) is 0 Å². The molecule has 0 aliphatic carbocycles. The van der Waals surface area contributed by atoms with Crippen LogP contribution in [0.5, 0.6) is 23.0 Å². The first kappa shape index (κ1) is 47.5. The normalized spacial score (nSPS) is 11.5. The first-order valence-electron chi connectivity index (χ1n) is 13.1. The molecule has 246 valence electrons. The molecule has 0 atom stereocenters. The molecule has 0 aromatic heterocycles. The predicted molar refractivity (Wildman–Crippen MR) is 166 cm³/mol. The molecular formula is C32H52MoO7S2-6. The smallest absolute Gasteiger partial charge is 0.0148 e. The van der Waals surface area contributed by atoms with Crippen LogP contribution in [-0.2, 0) is 69.8 Å². The minimum Gasteiger partial charge on any atom is -2.00 e. The van der Waals surface area contributed by atoms with Crippen molar-refractivity contribution in [1.29, 1.82) is 0 Å². The minimum atomic E-state index is -0.611. The average molecular weight is 709 g/mol. The fourth-order valence-corrected chi connectivity index (χ4v) is 3.49. The molecular weight excluding hydrogens is 656 g/mol. The number of hydrogen-bond donors (Lipinski definition) is 0. The van der Waals surface area contributed by atoms with Crippen molar-refractivity contribution < 1.29 is 55.4 Å². The molecule has 0 bridgehead atoms. The zero-order valence-corrected chi connectivity index (χ0v) is 32.0. The fraction of sp³-hybridized carbons (Fsp3) is 0.625. The largest absolute Gasteiger partial charge is 2.00 e. The van der Waals surface area contributed by atoms with E-state index in [2.05, 4.69) is 0 Å². The van der Waals surface area contributed by atoms with Crippen LogP contribution < -0.4 is 20.4 Å². The summed E-state index contributed by atoms with van der Waals surface area (Å²) >= 11 is 0. The van der Waals surface area contributed by atoms with Crippen LogP contribution in [0.25, 0.3) is 0 Å². The van der Waals surface area contributed by atoms with Crippen molar-refractivity contribution in [2.75, 3.05) is 25.0 Å². The molecule has 42 heavy (non-hydrogen) atoms. The Hall–Kier alpha value is -1.41. The molecule has 0 unspecified atom stereocenters. The first-order valence-corrected chi connectivity index (χ1v) is 17.0. The summed E-state index contributed by atoms with van der Waals surface area (Å²) in [4.78, 5) is 0. The van der Waals surface area contributed by atoms with E-state index in [0.717, 1.165) is 0 Å². The van der Waals surface area contributed by atoms with Gasteiger partial charge in [-0.3, -0.25) is 8.42 Å². The topological polar surface area (TPSA) is 155 Å². The van der Waals surface area contributed by atoms with Gasteiger partial charge in [-0.2, -0.15) is 0 Å². The van der Waals surface area contributed by atoms with Crippen molar-refractivity contribution in [2.45, 2.75) is 105 Å². The summed E-state index contributed by atoms with van der Waals surface area (Å²) in [6.45, 7) is 23.3. The van der Waals surface area contributed by atoms with E-state index in [1.807, 2.05) is 83.1 Å². The van der Waals surface area contributed by atoms with E-state index in [4.69, 9.17) is 0 Å². The number of rotatable bonds is 0. The summed E-state index contributed by atoms with van der Waals surface area (Å²) in [5, 5.41) is 47.9. The van der Waals surface area contributed by atoms with Crippen LogP contribution in [0.15, 0.2) is 24.3 Å². The maximum absolute atomic E-state index is 12.0. The van der Waals surface area contributed by atoms with Crippen LogP contribution in [0.2, 0.25) is 0 Å². The standard InChI is InChI=1S/2C14H22O2.2C2H6OS.Mo.O/c2*1-13(2,3)9-7-8-10(14(4,5)6)12(16)11(9)15;2*1-4(2)3;;/h2*7-8,15-16H,1-6H3;2*1-2H3;;/q;;;;;-2/p-4. The monoisotopic (exact) mass is 710 g/mol. The Morgan fingerprint density at radius 1 is 0.429 bits per heavy atom. The molecule has 0 aliphatic heterocycles. The van der Waals surface area contributed by atoms with Crippen LogP contribution in [-0.4, -0.2) is 33.4 Å². The van der Waals surface area contributed by atoms with Gasteiger partial charge in [-0.1, -0.05) is 130 Å². The van der Waals surface area contributed by atoms with Gasteiger partial charge in [0, 0.05) is 67.7 Å². The summed E-state index contributed by atoms with van der Waals surface area (Å²) in [7, 11) is -1.22. The Labute approximate surface area is 275 Å². The Balaban J connectivity index is -0.000000264. The fourth-order valence-electron chi connectivity index (χ4n) is 3.49. The van der Waals surface area contributed by atoms with E-state index in [1.165, 1.54) is 0 Å². The van der Waals surface area contributed by atoms with E-state index in [9.17, 15) is 28.8 Å². The van der Waals surface area contributed by atoms with Crippen LogP contribution in [0.3, 0.4) is 0 Å². The Kier molecular flexibility index (Phi) is 20.8. The zero-order chi connectivity index (χ0) is 32.6. The van der Waals surface area contributed by atoms with Gasteiger partial charge in [0.05, 0.1) is 0 Å². The molecule has 0 saturated carbocycles. The van der Waals surface area contributed by atoms with Crippen LogP contribution >= 0.6 is 0 Å². The van der Waals surface area contributed by atoms with E-state index < -0.39 is 21.6 Å². The third-order valence-electron chi connectivity index (χ3n) is 5.46. The molecule has 10 heteroatoms. The van der Waals surface area contributed by atoms with Gasteiger partial charge in [0.25, 0.3) is 0 Å². The van der Waals surface area contributed by atoms with Gasteiger partial charge in [-0.25, -0.2) is 0 Å². The summed E-state index contributed by atoms with van der Waals surface area (Å²) in [5.74, 6) is -1.39. The third-order valence-corrected chi connectivity index (χ3v) is 5.46. The predicted octanol–water partition coefficient (Wildman–Crippen LogP) is 4.73. The Morgan fingerprint density at radius 3 is 0.595 bits per heavy atom. The van der Waals surface area contributed by atoms with Crippen molar-refractivity contribution in [1.82, 2.24) is 0 Å². The van der Waals surface area contributed by atoms with Crippen LogP contribution in [0.4, 0.5) is 0 Å². The van der Waals surface area contributed by atoms with Crippen molar-refractivity contribution >= 4 is 21.6 Å². The molecule has 2 aromatic carbocycles. The second kappa shape index (κ2) is 18.4. The SMILES string of the molecule is CC(C)(C)c1ccc(C(C)(C)C)c([O-])c1[O-].CC(C)(C)c1ccc(C(C)(C)C)c([O-])c1[O-].CS(C)=O.CS(C)=O.[Mo].[O-2]. The molecule has 0 radical (unpaired) electrons. The minimum absolute atomic E-state index is 0. The van der Waals surface area contributed by atoms with Gasteiger partial charge in [-0.15, -0.1) is 23.0 Å². The molecule has 0 N–H and O–H groups in total. The number of benzene rings is 2. The molecule has 0 spiro atoms. The Bertz CT molecular complexity index is 974. The third kappa shape index (κ3) is 17.0. The second-order valence-electron chi connectivity index (χ2n) is 14.1. The summed E-state index contributed by atoms with van der Waals surface area (Å²) in [6, 6.07) is 7.18. The van der Waals surface area contributed by atoms with Crippen LogP contribution in [0, 0.1) is 0 Å². The van der Waals surface area contributed by atoms with Crippen molar-refractivity contribution in [3.05, 3.63) is 46.5 Å². The molecule has 0 saturated heterocycles. The van der Waals surface area contributed by atoms with Crippen LogP contribution in [0.1, 0.15) is 105 Å². The molecule has 0 heterocycles. The van der Waals surface area contributed by atoms with E-state index in [0.29, 0.717) is 22.3 Å². The molecule has 2 aromatic rings. The van der Waals surface area contributed by atoms with Gasteiger partial charge < -0.3 is 25.9 Å². The summed E-state index contributed by atoms with van der Waals surface area (Å²) in [6.07, 6.45) is 6.56. The van der Waals surface area contributed by atoms with Gasteiger partial charge in [0.2, 0.25) is 0 Å². The maximum Gasteiger partial charge on any atom is 0.0148 e. The zero-order valence-electron chi connectivity index (χ0n) is 28.4. The van der Waals surface area contributed by atoms with E-state index in [-0.39, 0.29) is 71.2 Å². The molecule has 7 nitrogen and oxygen atoms in total. The van der Waals surface area contributed by atoms with Gasteiger partial charge in [0.1, 0.15) is 0 Å². The van der Waals surface area contributed by atoms with Crippen molar-refractivity contribution in [3.8, 4) is 23.0 Å². The Morgan fingerprint density at radius 2 is 0.524 bits per heavy atom. The molecule has 0 amide bonds. The number of hydrogen-bond acceptors (Lipinski definition) is 6. The quantitative estimate of drug-likeness (QED) is 0.361.